The molecule has 0 radical (unpaired) electrons. The van der Waals surface area contributed by atoms with Crippen LogP contribution in [-0.4, -0.2) is 42.0 Å². The van der Waals surface area contributed by atoms with Crippen molar-refractivity contribution in [3.63, 3.8) is 0 Å². The summed E-state index contributed by atoms with van der Waals surface area (Å²) in [4.78, 5) is 25.0. The summed E-state index contributed by atoms with van der Waals surface area (Å²) in [5.74, 6) is -0.137. The van der Waals surface area contributed by atoms with E-state index in [-0.39, 0.29) is 18.0 Å². The second-order valence-electron chi connectivity index (χ2n) is 4.53. The highest BCUT2D eigenvalue weighted by Gasteiger charge is 2.22. The second-order valence-corrected chi connectivity index (χ2v) is 4.53. The third-order valence-corrected chi connectivity index (χ3v) is 2.56. The molecule has 1 rings (SSSR count). The first kappa shape index (κ1) is 12.8. The zero-order valence-electron chi connectivity index (χ0n) is 10.2. The monoisotopic (exact) mass is 227 g/mol. The number of nitrogens with one attached hydrogen (secondary N) is 2. The topological polar surface area (TPSA) is 61.4 Å². The van der Waals surface area contributed by atoms with Gasteiger partial charge in [0.2, 0.25) is 5.91 Å². The van der Waals surface area contributed by atoms with Gasteiger partial charge in [0, 0.05) is 19.1 Å². The predicted molar refractivity (Wildman–Crippen MR) is 62.1 cm³/mol. The van der Waals surface area contributed by atoms with E-state index in [4.69, 9.17) is 0 Å². The van der Waals surface area contributed by atoms with Gasteiger partial charge in [-0.1, -0.05) is 0 Å². The van der Waals surface area contributed by atoms with Crippen LogP contribution in [0, 0.1) is 0 Å². The highest BCUT2D eigenvalue weighted by Crippen LogP contribution is 2.07. The molecule has 1 atom stereocenters. The summed E-state index contributed by atoms with van der Waals surface area (Å²) in [6.07, 6.45) is 2.11. The van der Waals surface area contributed by atoms with E-state index in [0.29, 0.717) is 0 Å². The lowest BCUT2D eigenvalue weighted by Gasteiger charge is -2.20. The summed E-state index contributed by atoms with van der Waals surface area (Å²) in [5.41, 5.74) is 0. The molecule has 92 valence electrons. The number of hydrogen-bond donors (Lipinski definition) is 2. The maximum absolute atomic E-state index is 11.7. The van der Waals surface area contributed by atoms with E-state index in [1.165, 1.54) is 0 Å². The van der Waals surface area contributed by atoms with E-state index in [1.54, 1.807) is 11.8 Å². The fourth-order valence-electron chi connectivity index (χ4n) is 1.67. The largest absolute Gasteiger partial charge is 0.352 e. The zero-order valence-corrected chi connectivity index (χ0v) is 10.2. The van der Waals surface area contributed by atoms with Crippen LogP contribution in [0.3, 0.4) is 0 Å². The van der Waals surface area contributed by atoms with Crippen molar-refractivity contribution in [1.82, 2.24) is 15.5 Å². The molecule has 0 aromatic rings. The number of carbonyl (C=O) groups is 2. The molecule has 1 unspecified atom stereocenters. The summed E-state index contributed by atoms with van der Waals surface area (Å²) in [7, 11) is 0. The lowest BCUT2D eigenvalue weighted by Crippen LogP contribution is -2.50. The van der Waals surface area contributed by atoms with E-state index in [0.717, 1.165) is 25.9 Å². The van der Waals surface area contributed by atoms with E-state index >= 15 is 0 Å². The summed E-state index contributed by atoms with van der Waals surface area (Å²) >= 11 is 0. The Labute approximate surface area is 96.6 Å². The SMILES string of the molecule is CC(C)NC(=O)C(C)NC(=O)N1CCCC1. The van der Waals surface area contributed by atoms with Crippen LogP contribution in [0.2, 0.25) is 0 Å². The minimum Gasteiger partial charge on any atom is -0.352 e. The predicted octanol–water partition coefficient (Wildman–Crippen LogP) is 0.705. The molecule has 0 aliphatic carbocycles. The smallest absolute Gasteiger partial charge is 0.318 e. The van der Waals surface area contributed by atoms with Gasteiger partial charge in [0.25, 0.3) is 0 Å². The van der Waals surface area contributed by atoms with Crippen LogP contribution in [0.5, 0.6) is 0 Å². The molecule has 0 spiro atoms. The van der Waals surface area contributed by atoms with E-state index in [9.17, 15) is 9.59 Å². The number of likely N-dealkylation sites (tertiary alicyclic amines) is 1. The van der Waals surface area contributed by atoms with Gasteiger partial charge in [0.05, 0.1) is 0 Å². The molecule has 3 amide bonds. The Balaban J connectivity index is 2.35. The van der Waals surface area contributed by atoms with Gasteiger partial charge in [-0.3, -0.25) is 4.79 Å². The molecule has 0 saturated carbocycles. The molecule has 0 aromatic heterocycles. The molecule has 5 heteroatoms. The second kappa shape index (κ2) is 5.72. The van der Waals surface area contributed by atoms with Crippen LogP contribution in [0.25, 0.3) is 0 Å². The quantitative estimate of drug-likeness (QED) is 0.745. The van der Waals surface area contributed by atoms with Crippen LogP contribution < -0.4 is 10.6 Å². The van der Waals surface area contributed by atoms with Crippen molar-refractivity contribution in [3.8, 4) is 0 Å². The minimum absolute atomic E-state index is 0.0960. The molecule has 5 nitrogen and oxygen atoms in total. The Bertz CT molecular complexity index is 260. The first-order valence-corrected chi connectivity index (χ1v) is 5.86. The fraction of sp³-hybridized carbons (Fsp3) is 0.818. The van der Waals surface area contributed by atoms with Crippen LogP contribution in [-0.2, 0) is 4.79 Å². The third kappa shape index (κ3) is 3.72. The first-order valence-electron chi connectivity index (χ1n) is 5.86. The molecule has 1 fully saturated rings. The number of hydrogen-bond acceptors (Lipinski definition) is 2. The summed E-state index contributed by atoms with van der Waals surface area (Å²) in [6.45, 7) is 7.08. The van der Waals surface area contributed by atoms with Gasteiger partial charge < -0.3 is 15.5 Å². The van der Waals surface area contributed by atoms with Gasteiger partial charge in [-0.2, -0.15) is 0 Å². The molecule has 1 aliphatic heterocycles. The van der Waals surface area contributed by atoms with Gasteiger partial charge in [0.1, 0.15) is 6.04 Å². The highest BCUT2D eigenvalue weighted by atomic mass is 16.2. The van der Waals surface area contributed by atoms with Gasteiger partial charge in [-0.25, -0.2) is 4.79 Å². The van der Waals surface area contributed by atoms with Crippen molar-refractivity contribution >= 4 is 11.9 Å². The molecular weight excluding hydrogens is 206 g/mol. The van der Waals surface area contributed by atoms with Crippen molar-refractivity contribution in [1.29, 1.82) is 0 Å². The lowest BCUT2D eigenvalue weighted by atomic mass is 10.3. The van der Waals surface area contributed by atoms with E-state index < -0.39 is 6.04 Å². The minimum atomic E-state index is -0.476. The Morgan fingerprint density at radius 3 is 2.12 bits per heavy atom. The van der Waals surface area contributed by atoms with Gasteiger partial charge >= 0.3 is 6.03 Å². The Morgan fingerprint density at radius 2 is 1.62 bits per heavy atom. The molecule has 1 heterocycles. The molecule has 2 N–H and O–H groups in total. The standard InChI is InChI=1S/C11H21N3O2/c1-8(2)12-10(15)9(3)13-11(16)14-6-4-5-7-14/h8-9H,4-7H2,1-3H3,(H,12,15)(H,13,16). The Hall–Kier alpha value is -1.26. The van der Waals surface area contributed by atoms with Gasteiger partial charge in [-0.05, 0) is 33.6 Å². The highest BCUT2D eigenvalue weighted by molar-refractivity contribution is 5.86. The third-order valence-electron chi connectivity index (χ3n) is 2.56. The van der Waals surface area contributed by atoms with Crippen molar-refractivity contribution < 1.29 is 9.59 Å². The molecule has 1 aliphatic rings. The average molecular weight is 227 g/mol. The summed E-state index contributed by atoms with van der Waals surface area (Å²) in [6, 6.07) is -0.516. The van der Waals surface area contributed by atoms with Gasteiger partial charge in [-0.15, -0.1) is 0 Å². The Kier molecular flexibility index (Phi) is 4.58. The Morgan fingerprint density at radius 1 is 1.06 bits per heavy atom. The molecule has 1 saturated heterocycles. The summed E-state index contributed by atoms with van der Waals surface area (Å²) < 4.78 is 0. The van der Waals surface area contributed by atoms with E-state index in [1.807, 2.05) is 13.8 Å². The normalized spacial score (nSPS) is 17.4. The van der Waals surface area contributed by atoms with Crippen molar-refractivity contribution in [2.24, 2.45) is 0 Å². The first-order chi connectivity index (χ1) is 7.50. The molecular formula is C11H21N3O2. The molecule has 16 heavy (non-hydrogen) atoms. The molecule has 0 aromatic carbocycles. The van der Waals surface area contributed by atoms with Crippen LogP contribution in [0.4, 0.5) is 4.79 Å². The van der Waals surface area contributed by atoms with Crippen LogP contribution >= 0.6 is 0 Å². The van der Waals surface area contributed by atoms with Crippen LogP contribution in [0.15, 0.2) is 0 Å². The number of urea groups is 1. The lowest BCUT2D eigenvalue weighted by molar-refractivity contribution is -0.123. The maximum Gasteiger partial charge on any atom is 0.318 e. The van der Waals surface area contributed by atoms with Crippen LogP contribution in [0.1, 0.15) is 33.6 Å². The average Bonchev–Trinajstić information content (AvgIpc) is 2.68. The van der Waals surface area contributed by atoms with Gasteiger partial charge in [0.15, 0.2) is 0 Å². The number of rotatable bonds is 3. The number of carbonyl (C=O) groups excluding carboxylic acids is 2. The van der Waals surface area contributed by atoms with E-state index in [2.05, 4.69) is 10.6 Å². The molecule has 0 bridgehead atoms. The van der Waals surface area contributed by atoms with Crippen molar-refractivity contribution in [2.45, 2.75) is 45.7 Å². The summed E-state index contributed by atoms with van der Waals surface area (Å²) in [5, 5.41) is 5.47. The number of nitrogens with zero attached hydrogens (tertiary/aromatic N) is 1. The maximum atomic E-state index is 11.7. The fourth-order valence-corrected chi connectivity index (χ4v) is 1.67. The zero-order chi connectivity index (χ0) is 12.1. The van der Waals surface area contributed by atoms with Crippen molar-refractivity contribution in [2.75, 3.05) is 13.1 Å². The number of amides is 3. The van der Waals surface area contributed by atoms with Crippen molar-refractivity contribution in [3.05, 3.63) is 0 Å².